The monoisotopic (exact) mass is 390 g/mol. The number of benzene rings is 1. The minimum Gasteiger partial charge on any atom is -0.444 e. The van der Waals surface area contributed by atoms with Crippen molar-refractivity contribution < 1.29 is 23.9 Å². The average molecular weight is 390 g/mol. The van der Waals surface area contributed by atoms with E-state index in [2.05, 4.69) is 5.32 Å². The number of carbonyl (C=O) groups excluding carboxylic acids is 4. The van der Waals surface area contributed by atoms with Crippen LogP contribution in [0.1, 0.15) is 27.7 Å². The van der Waals surface area contributed by atoms with Gasteiger partial charge in [-0.3, -0.25) is 14.4 Å². The molecule has 0 spiro atoms. The Morgan fingerprint density at radius 2 is 1.50 bits per heavy atom. The second-order valence-electron chi connectivity index (χ2n) is 7.76. The van der Waals surface area contributed by atoms with Crippen LogP contribution in [0.4, 0.5) is 16.2 Å². The van der Waals surface area contributed by atoms with Crippen molar-refractivity contribution >= 4 is 35.1 Å². The van der Waals surface area contributed by atoms with E-state index in [1.165, 1.54) is 30.8 Å². The topological polar surface area (TPSA) is 122 Å². The number of amides is 3. The zero-order chi connectivity index (χ0) is 21.4. The van der Waals surface area contributed by atoms with Crippen molar-refractivity contribution in [2.75, 3.05) is 23.9 Å². The number of fused-ring (bicyclic) bond motifs is 1. The van der Waals surface area contributed by atoms with Crippen molar-refractivity contribution in [3.05, 3.63) is 24.3 Å². The molecule has 1 atom stereocenters. The SMILES string of the molecule is C[C@H](NC(=O)OC(C)(C)C)C(=O)C1(N)C(=O)N(C)c2ccccc2N(C)C1=O. The Balaban J connectivity index is 2.37. The molecule has 0 fully saturated rings. The van der Waals surface area contributed by atoms with Gasteiger partial charge in [-0.15, -0.1) is 0 Å². The van der Waals surface area contributed by atoms with E-state index < -0.39 is 40.9 Å². The number of ether oxygens (including phenoxy) is 1. The van der Waals surface area contributed by atoms with E-state index in [9.17, 15) is 19.2 Å². The minimum absolute atomic E-state index is 0.441. The molecule has 3 N–H and O–H groups in total. The van der Waals surface area contributed by atoms with Crippen LogP contribution >= 0.6 is 0 Å². The van der Waals surface area contributed by atoms with Gasteiger partial charge in [0.2, 0.25) is 5.54 Å². The summed E-state index contributed by atoms with van der Waals surface area (Å²) >= 11 is 0. The summed E-state index contributed by atoms with van der Waals surface area (Å²) in [6.45, 7) is 6.36. The number of nitrogens with one attached hydrogen (secondary N) is 1. The Bertz CT molecular complexity index is 789. The third-order valence-corrected chi connectivity index (χ3v) is 4.40. The zero-order valence-electron chi connectivity index (χ0n) is 16.9. The molecule has 0 aliphatic carbocycles. The maximum atomic E-state index is 13.0. The lowest BCUT2D eigenvalue weighted by Gasteiger charge is -2.30. The van der Waals surface area contributed by atoms with Gasteiger partial charge in [0, 0.05) is 14.1 Å². The Labute approximate surface area is 163 Å². The zero-order valence-corrected chi connectivity index (χ0v) is 16.9. The second-order valence-corrected chi connectivity index (χ2v) is 7.76. The van der Waals surface area contributed by atoms with Gasteiger partial charge in [0.15, 0.2) is 5.78 Å². The van der Waals surface area contributed by atoms with Crippen molar-refractivity contribution in [3.8, 4) is 0 Å². The van der Waals surface area contributed by atoms with E-state index in [1.54, 1.807) is 45.0 Å². The van der Waals surface area contributed by atoms with Crippen LogP contribution in [0.2, 0.25) is 0 Å². The van der Waals surface area contributed by atoms with Crippen LogP contribution in [0.5, 0.6) is 0 Å². The van der Waals surface area contributed by atoms with Crippen molar-refractivity contribution in [1.29, 1.82) is 0 Å². The number of carbonyl (C=O) groups is 4. The lowest BCUT2D eigenvalue weighted by atomic mass is 9.88. The number of Topliss-reactive ketones (excluding diaryl/α,β-unsaturated/α-hetero) is 1. The van der Waals surface area contributed by atoms with Crippen molar-refractivity contribution in [2.24, 2.45) is 5.73 Å². The molecule has 1 aliphatic rings. The number of ketones is 1. The fraction of sp³-hybridized carbons (Fsp3) is 0.474. The summed E-state index contributed by atoms with van der Waals surface area (Å²) in [7, 11) is 2.88. The molecule has 0 radical (unpaired) electrons. The van der Waals surface area contributed by atoms with Gasteiger partial charge in [0.1, 0.15) is 5.60 Å². The molecule has 3 amide bonds. The van der Waals surface area contributed by atoms with Gasteiger partial charge in [0.25, 0.3) is 11.8 Å². The van der Waals surface area contributed by atoms with E-state index in [4.69, 9.17) is 10.5 Å². The van der Waals surface area contributed by atoms with Crippen LogP contribution in [0.3, 0.4) is 0 Å². The van der Waals surface area contributed by atoms with Crippen LogP contribution in [-0.2, 0) is 19.1 Å². The Kier molecular flexibility index (Phi) is 5.52. The summed E-state index contributed by atoms with van der Waals surface area (Å²) in [5.74, 6) is -2.69. The summed E-state index contributed by atoms with van der Waals surface area (Å²) in [4.78, 5) is 53.4. The van der Waals surface area contributed by atoms with E-state index in [1.807, 2.05) is 0 Å². The Morgan fingerprint density at radius 1 is 1.07 bits per heavy atom. The molecule has 1 aromatic carbocycles. The molecule has 1 aromatic rings. The van der Waals surface area contributed by atoms with Gasteiger partial charge < -0.3 is 25.6 Å². The van der Waals surface area contributed by atoms with Crippen molar-refractivity contribution in [3.63, 3.8) is 0 Å². The predicted molar refractivity (Wildman–Crippen MR) is 104 cm³/mol. The highest BCUT2D eigenvalue weighted by Crippen LogP contribution is 2.34. The average Bonchev–Trinajstić information content (AvgIpc) is 2.66. The maximum absolute atomic E-state index is 13.0. The number of nitrogens with two attached hydrogens (primary N) is 1. The summed E-state index contributed by atoms with van der Waals surface area (Å²) in [5.41, 5.74) is 3.75. The van der Waals surface area contributed by atoms with Crippen LogP contribution in [0.15, 0.2) is 24.3 Å². The highest BCUT2D eigenvalue weighted by Gasteiger charge is 2.56. The number of rotatable bonds is 3. The standard InChI is InChI=1S/C19H26N4O5/c1-11(21-17(27)28-18(2,3)4)14(24)19(20)15(25)22(5)12-9-7-8-10-13(12)23(6)16(19)26/h7-11H,20H2,1-6H3,(H,21,27)/t11-/m0/s1. The molecule has 1 heterocycles. The first-order chi connectivity index (χ1) is 12.8. The van der Waals surface area contributed by atoms with Crippen LogP contribution in [0.25, 0.3) is 0 Å². The van der Waals surface area contributed by atoms with Gasteiger partial charge in [0.05, 0.1) is 17.4 Å². The first-order valence-corrected chi connectivity index (χ1v) is 8.78. The van der Waals surface area contributed by atoms with Crippen LogP contribution < -0.4 is 20.9 Å². The molecule has 0 bridgehead atoms. The first kappa shape index (κ1) is 21.4. The van der Waals surface area contributed by atoms with Crippen molar-refractivity contribution in [1.82, 2.24) is 5.32 Å². The number of hydrogen-bond donors (Lipinski definition) is 2. The summed E-state index contributed by atoms with van der Waals surface area (Å²) in [5, 5.41) is 2.34. The van der Waals surface area contributed by atoms with Crippen LogP contribution in [0, 0.1) is 0 Å². The molecule has 0 unspecified atom stereocenters. The van der Waals surface area contributed by atoms with Gasteiger partial charge >= 0.3 is 6.09 Å². The molecule has 152 valence electrons. The molecule has 9 heteroatoms. The van der Waals surface area contributed by atoms with Crippen molar-refractivity contribution in [2.45, 2.75) is 44.9 Å². The number of anilines is 2. The lowest BCUT2D eigenvalue weighted by molar-refractivity contribution is -0.142. The van der Waals surface area contributed by atoms with Gasteiger partial charge in [-0.25, -0.2) is 4.79 Å². The first-order valence-electron chi connectivity index (χ1n) is 8.78. The lowest BCUT2D eigenvalue weighted by Crippen LogP contribution is -2.70. The Morgan fingerprint density at radius 3 is 1.89 bits per heavy atom. The highest BCUT2D eigenvalue weighted by atomic mass is 16.6. The highest BCUT2D eigenvalue weighted by molar-refractivity contribution is 6.36. The molecule has 9 nitrogen and oxygen atoms in total. The molecular weight excluding hydrogens is 364 g/mol. The number of likely N-dealkylation sites (N-methyl/N-ethyl adjacent to an activating group) is 2. The quantitative estimate of drug-likeness (QED) is 0.737. The normalized spacial score (nSPS) is 17.5. The van der Waals surface area contributed by atoms with E-state index in [0.717, 1.165) is 0 Å². The van der Waals surface area contributed by atoms with Crippen LogP contribution in [-0.4, -0.2) is 55.0 Å². The third kappa shape index (κ3) is 3.70. The van der Waals surface area contributed by atoms with Gasteiger partial charge in [-0.05, 0) is 39.8 Å². The van der Waals surface area contributed by atoms with E-state index >= 15 is 0 Å². The van der Waals surface area contributed by atoms with Gasteiger partial charge in [-0.1, -0.05) is 12.1 Å². The number of para-hydroxylation sites is 2. The molecule has 0 saturated heterocycles. The molecular formula is C19H26N4O5. The largest absolute Gasteiger partial charge is 0.444 e. The van der Waals surface area contributed by atoms with E-state index in [-0.39, 0.29) is 0 Å². The number of alkyl carbamates (subject to hydrolysis) is 1. The minimum atomic E-state index is -2.49. The van der Waals surface area contributed by atoms with Gasteiger partial charge in [-0.2, -0.15) is 0 Å². The summed E-state index contributed by atoms with van der Waals surface area (Å²) in [6, 6.07) is 5.49. The number of nitrogens with zero attached hydrogens (tertiary/aromatic N) is 2. The maximum Gasteiger partial charge on any atom is 0.408 e. The molecule has 2 rings (SSSR count). The van der Waals surface area contributed by atoms with E-state index in [0.29, 0.717) is 11.4 Å². The fourth-order valence-electron chi connectivity index (χ4n) is 2.97. The Hall–Kier alpha value is -2.94. The molecule has 28 heavy (non-hydrogen) atoms. The molecule has 0 saturated carbocycles. The predicted octanol–water partition coefficient (Wildman–Crippen LogP) is 0.806. The molecule has 0 aromatic heterocycles. The second kappa shape index (κ2) is 7.23. The number of hydrogen-bond acceptors (Lipinski definition) is 6. The molecule has 1 aliphatic heterocycles. The third-order valence-electron chi connectivity index (χ3n) is 4.40. The summed E-state index contributed by atoms with van der Waals surface area (Å²) in [6.07, 6.45) is -0.851. The summed E-state index contributed by atoms with van der Waals surface area (Å²) < 4.78 is 5.12. The fourth-order valence-corrected chi connectivity index (χ4v) is 2.97. The smallest absolute Gasteiger partial charge is 0.408 e.